The molecule has 0 fully saturated rings. The minimum Gasteiger partial charge on any atom is -0.541 e. The summed E-state index contributed by atoms with van der Waals surface area (Å²) >= 11 is 0. The Morgan fingerprint density at radius 2 is 1.65 bits per heavy atom. The van der Waals surface area contributed by atoms with Gasteiger partial charge in [-0.05, 0) is 18.1 Å². The molecule has 5 heteroatoms. The fourth-order valence-corrected chi connectivity index (χ4v) is 2.06. The molecule has 1 rings (SSSR count). The molecule has 0 unspecified atom stereocenters. The molecule has 96 valence electrons. The topological polar surface area (TPSA) is 35.2 Å². The fraction of sp³-hybridized carbons (Fsp3) is 0.500. The van der Waals surface area contributed by atoms with Gasteiger partial charge >= 0.3 is 0 Å². The van der Waals surface area contributed by atoms with E-state index in [2.05, 4.69) is 0 Å². The third-order valence-corrected chi connectivity index (χ3v) is 7.57. The van der Waals surface area contributed by atoms with Gasteiger partial charge in [-0.15, -0.1) is 0 Å². The number of benzene rings is 1. The lowest BCUT2D eigenvalue weighted by Gasteiger charge is -2.36. The summed E-state index contributed by atoms with van der Waals surface area (Å²) in [5, 5.41) is -0.0530. The number of rotatable bonds is 2. The van der Waals surface area contributed by atoms with Gasteiger partial charge in [0.1, 0.15) is 11.6 Å². The van der Waals surface area contributed by atoms with Crippen molar-refractivity contribution in [2.45, 2.75) is 38.9 Å². The van der Waals surface area contributed by atoms with Gasteiger partial charge in [-0.2, -0.15) is 0 Å². The van der Waals surface area contributed by atoms with Crippen molar-refractivity contribution in [3.05, 3.63) is 23.8 Å². The first-order valence-electron chi connectivity index (χ1n) is 5.48. The third kappa shape index (κ3) is 2.97. The van der Waals surface area contributed by atoms with Crippen LogP contribution in [0.2, 0.25) is 18.1 Å². The smallest absolute Gasteiger partial charge is 0.250 e. The summed E-state index contributed by atoms with van der Waals surface area (Å²) < 4.78 is 32.3. The Labute approximate surface area is 102 Å². The van der Waals surface area contributed by atoms with Crippen molar-refractivity contribution < 1.29 is 13.2 Å². The quantitative estimate of drug-likeness (QED) is 0.645. The maximum absolute atomic E-state index is 13.6. The van der Waals surface area contributed by atoms with E-state index in [1.807, 2.05) is 33.9 Å². The highest BCUT2D eigenvalue weighted by Gasteiger charge is 2.39. The predicted octanol–water partition coefficient (Wildman–Crippen LogP) is 3.93. The number of anilines is 1. The van der Waals surface area contributed by atoms with Crippen LogP contribution < -0.4 is 10.2 Å². The molecule has 0 aliphatic heterocycles. The summed E-state index contributed by atoms with van der Waals surface area (Å²) in [5.74, 6) is -1.43. The van der Waals surface area contributed by atoms with Crippen molar-refractivity contribution in [1.29, 1.82) is 0 Å². The second-order valence-electron chi connectivity index (χ2n) is 5.67. The van der Waals surface area contributed by atoms with Crippen molar-refractivity contribution in [3.8, 4) is 5.75 Å². The molecule has 0 aromatic heterocycles. The lowest BCUT2D eigenvalue weighted by atomic mass is 10.2. The third-order valence-electron chi connectivity index (χ3n) is 3.22. The summed E-state index contributed by atoms with van der Waals surface area (Å²) in [7, 11) is -2.14. The molecular weight excluding hydrogens is 240 g/mol. The number of hydrogen-bond acceptors (Lipinski definition) is 2. The molecular formula is C12H19F2NOSi. The number of nitrogens with two attached hydrogens (primary N) is 1. The Kier molecular flexibility index (Phi) is 3.52. The van der Waals surface area contributed by atoms with Crippen LogP contribution in [0.15, 0.2) is 12.1 Å². The molecule has 0 atom stereocenters. The van der Waals surface area contributed by atoms with Crippen LogP contribution in [0.5, 0.6) is 5.75 Å². The molecule has 0 spiro atoms. The van der Waals surface area contributed by atoms with Crippen LogP contribution >= 0.6 is 0 Å². The predicted molar refractivity (Wildman–Crippen MR) is 68.6 cm³/mol. The Balaban J connectivity index is 3.08. The van der Waals surface area contributed by atoms with E-state index >= 15 is 0 Å². The molecule has 1 aromatic carbocycles. The molecule has 0 radical (unpaired) electrons. The Hall–Kier alpha value is -1.10. The first-order chi connectivity index (χ1) is 7.54. The van der Waals surface area contributed by atoms with Crippen LogP contribution in [0.25, 0.3) is 0 Å². The van der Waals surface area contributed by atoms with E-state index in [4.69, 9.17) is 10.2 Å². The van der Waals surface area contributed by atoms with Crippen LogP contribution in [0.4, 0.5) is 14.5 Å². The summed E-state index contributed by atoms with van der Waals surface area (Å²) in [6, 6.07) is 1.98. The highest BCUT2D eigenvalue weighted by atomic mass is 28.4. The second-order valence-corrected chi connectivity index (χ2v) is 10.4. The minimum atomic E-state index is -2.14. The SMILES string of the molecule is CC(C)(C)[Si](C)(C)Oc1cc(N)c(F)cc1F. The van der Waals surface area contributed by atoms with E-state index in [0.29, 0.717) is 0 Å². The highest BCUT2D eigenvalue weighted by Crippen LogP contribution is 2.38. The van der Waals surface area contributed by atoms with Gasteiger partial charge in [0, 0.05) is 12.1 Å². The zero-order valence-corrected chi connectivity index (χ0v) is 11.9. The van der Waals surface area contributed by atoms with Gasteiger partial charge in [0.05, 0.1) is 5.69 Å². The monoisotopic (exact) mass is 259 g/mol. The summed E-state index contributed by atoms with van der Waals surface area (Å²) in [6.45, 7) is 10.1. The molecule has 0 saturated carbocycles. The second kappa shape index (κ2) is 4.29. The average Bonchev–Trinajstić information content (AvgIpc) is 2.12. The lowest BCUT2D eigenvalue weighted by Crippen LogP contribution is -2.44. The molecule has 1 aromatic rings. The van der Waals surface area contributed by atoms with Crippen molar-refractivity contribution >= 4 is 14.0 Å². The molecule has 2 N–H and O–H groups in total. The van der Waals surface area contributed by atoms with Crippen molar-refractivity contribution in [2.75, 3.05) is 5.73 Å². The molecule has 2 nitrogen and oxygen atoms in total. The van der Waals surface area contributed by atoms with Crippen LogP contribution in [0.1, 0.15) is 20.8 Å². The Morgan fingerprint density at radius 1 is 1.12 bits per heavy atom. The number of halogens is 2. The number of nitrogen functional groups attached to an aromatic ring is 1. The first-order valence-corrected chi connectivity index (χ1v) is 8.39. The van der Waals surface area contributed by atoms with E-state index in [1.165, 1.54) is 6.07 Å². The maximum Gasteiger partial charge on any atom is 0.250 e. The number of hydrogen-bond donors (Lipinski definition) is 1. The molecule has 0 aliphatic rings. The van der Waals surface area contributed by atoms with Crippen LogP contribution in [0.3, 0.4) is 0 Å². The Bertz CT molecular complexity index is 427. The van der Waals surface area contributed by atoms with E-state index < -0.39 is 20.0 Å². The first kappa shape index (κ1) is 14.0. The zero-order valence-electron chi connectivity index (χ0n) is 10.9. The van der Waals surface area contributed by atoms with Crippen LogP contribution in [-0.4, -0.2) is 8.32 Å². The molecule has 0 bridgehead atoms. The van der Waals surface area contributed by atoms with E-state index in [0.717, 1.165) is 6.07 Å². The Morgan fingerprint density at radius 3 is 2.12 bits per heavy atom. The molecule has 17 heavy (non-hydrogen) atoms. The highest BCUT2D eigenvalue weighted by molar-refractivity contribution is 6.74. The summed E-state index contributed by atoms with van der Waals surface area (Å²) in [4.78, 5) is 0. The van der Waals surface area contributed by atoms with E-state index in [1.54, 1.807) is 0 Å². The molecule has 0 aliphatic carbocycles. The van der Waals surface area contributed by atoms with Gasteiger partial charge < -0.3 is 10.2 Å². The van der Waals surface area contributed by atoms with Crippen molar-refractivity contribution in [3.63, 3.8) is 0 Å². The minimum absolute atomic E-state index is 0.0375. The van der Waals surface area contributed by atoms with Gasteiger partial charge in [0.2, 0.25) is 0 Å². The summed E-state index contributed by atoms with van der Waals surface area (Å²) in [5.41, 5.74) is 5.31. The van der Waals surface area contributed by atoms with Crippen LogP contribution in [-0.2, 0) is 0 Å². The summed E-state index contributed by atoms with van der Waals surface area (Å²) in [6.07, 6.45) is 0. The van der Waals surface area contributed by atoms with Crippen molar-refractivity contribution in [1.82, 2.24) is 0 Å². The molecule has 0 amide bonds. The van der Waals surface area contributed by atoms with Gasteiger partial charge in [-0.3, -0.25) is 0 Å². The van der Waals surface area contributed by atoms with Gasteiger partial charge in [0.25, 0.3) is 8.32 Å². The van der Waals surface area contributed by atoms with E-state index in [9.17, 15) is 8.78 Å². The largest absolute Gasteiger partial charge is 0.541 e. The van der Waals surface area contributed by atoms with Gasteiger partial charge in [-0.1, -0.05) is 20.8 Å². The van der Waals surface area contributed by atoms with E-state index in [-0.39, 0.29) is 16.5 Å². The lowest BCUT2D eigenvalue weighted by molar-refractivity contribution is 0.453. The van der Waals surface area contributed by atoms with Gasteiger partial charge in [0.15, 0.2) is 5.82 Å². The maximum atomic E-state index is 13.6. The molecule has 0 saturated heterocycles. The average molecular weight is 259 g/mol. The standard InChI is InChI=1S/C12H19F2NOSi/c1-12(2,3)17(4,5)16-11-7-10(15)8(13)6-9(11)14/h6-7H,15H2,1-5H3. The van der Waals surface area contributed by atoms with Gasteiger partial charge in [-0.25, -0.2) is 8.78 Å². The van der Waals surface area contributed by atoms with Crippen molar-refractivity contribution in [2.24, 2.45) is 0 Å². The normalized spacial score (nSPS) is 12.6. The molecule has 0 heterocycles. The fourth-order valence-electron chi connectivity index (χ4n) is 1.05. The van der Waals surface area contributed by atoms with Crippen LogP contribution in [0, 0.1) is 11.6 Å². The zero-order chi connectivity index (χ0) is 13.4.